The molecule has 0 spiro atoms. The minimum absolute atomic E-state index is 0.0488. The van der Waals surface area contributed by atoms with Crippen LogP contribution in [0.3, 0.4) is 0 Å². The third kappa shape index (κ3) is 1.99. The molecule has 3 amide bonds. The van der Waals surface area contributed by atoms with Crippen molar-refractivity contribution in [2.24, 2.45) is 0 Å². The molecule has 2 aromatic rings. The van der Waals surface area contributed by atoms with Crippen LogP contribution in [0.25, 0.3) is 0 Å². The number of urea groups is 1. The Morgan fingerprint density at radius 3 is 2.15 bits per heavy atom. The Morgan fingerprint density at radius 2 is 1.50 bits per heavy atom. The molecule has 1 saturated heterocycles. The van der Waals surface area contributed by atoms with Crippen molar-refractivity contribution in [1.82, 2.24) is 0 Å². The van der Waals surface area contributed by atoms with E-state index in [1.54, 1.807) is 36.4 Å². The summed E-state index contributed by atoms with van der Waals surface area (Å²) in [6.07, 6.45) is 0. The second-order valence-corrected chi connectivity index (χ2v) is 4.52. The number of hydrogen-bond acceptors (Lipinski definition) is 3. The quantitative estimate of drug-likeness (QED) is 0.670. The molecule has 5 nitrogen and oxygen atoms in total. The summed E-state index contributed by atoms with van der Waals surface area (Å²) in [6.45, 7) is 0.0488. The van der Waals surface area contributed by atoms with Gasteiger partial charge in [0.15, 0.2) is 0 Å². The van der Waals surface area contributed by atoms with E-state index in [-0.39, 0.29) is 18.5 Å². The lowest BCUT2D eigenvalue weighted by Crippen LogP contribution is -2.32. The van der Waals surface area contributed by atoms with Gasteiger partial charge in [0, 0.05) is 11.4 Å². The van der Waals surface area contributed by atoms with Crippen molar-refractivity contribution in [3.8, 4) is 0 Å². The zero-order valence-electron chi connectivity index (χ0n) is 10.7. The highest BCUT2D eigenvalue weighted by molar-refractivity contribution is 6.26. The summed E-state index contributed by atoms with van der Waals surface area (Å²) in [5.74, 6) is -0.247. The number of nitrogen functional groups attached to an aromatic ring is 1. The van der Waals surface area contributed by atoms with E-state index in [4.69, 9.17) is 5.73 Å². The van der Waals surface area contributed by atoms with Gasteiger partial charge in [0.05, 0.1) is 5.69 Å². The first kappa shape index (κ1) is 12.2. The van der Waals surface area contributed by atoms with E-state index in [1.807, 2.05) is 18.2 Å². The van der Waals surface area contributed by atoms with Crippen molar-refractivity contribution >= 4 is 29.0 Å². The van der Waals surface area contributed by atoms with Crippen LogP contribution in [0, 0.1) is 0 Å². The molecule has 1 aliphatic heterocycles. The number of benzene rings is 2. The van der Waals surface area contributed by atoms with Crippen LogP contribution in [-0.4, -0.2) is 18.5 Å². The molecule has 1 aliphatic rings. The van der Waals surface area contributed by atoms with E-state index >= 15 is 0 Å². The summed E-state index contributed by atoms with van der Waals surface area (Å²) in [6, 6.07) is 15.5. The maximum absolute atomic E-state index is 12.4. The van der Waals surface area contributed by atoms with Crippen molar-refractivity contribution in [2.75, 3.05) is 22.1 Å². The standard InChI is InChI=1S/C15H13N3O2/c16-11-6-8-13(9-7-11)18-14(19)10-17(15(18)20)12-4-2-1-3-5-12/h1-9H,10,16H2. The number of carbonyl (C=O) groups excluding carboxylic acids is 2. The van der Waals surface area contributed by atoms with Crippen molar-refractivity contribution < 1.29 is 9.59 Å². The van der Waals surface area contributed by atoms with Crippen LogP contribution in [0.4, 0.5) is 21.9 Å². The number of imide groups is 1. The Balaban J connectivity index is 1.93. The molecule has 0 aromatic heterocycles. The number of amides is 3. The predicted octanol–water partition coefficient (Wildman–Crippen LogP) is 2.24. The maximum atomic E-state index is 12.4. The fourth-order valence-corrected chi connectivity index (χ4v) is 2.19. The molecule has 0 unspecified atom stereocenters. The van der Waals surface area contributed by atoms with Gasteiger partial charge >= 0.3 is 6.03 Å². The Kier molecular flexibility index (Phi) is 2.87. The predicted molar refractivity (Wildman–Crippen MR) is 77.5 cm³/mol. The van der Waals surface area contributed by atoms with Crippen molar-refractivity contribution in [3.05, 3.63) is 54.6 Å². The van der Waals surface area contributed by atoms with Gasteiger partial charge < -0.3 is 5.73 Å². The normalized spacial score (nSPS) is 15.0. The summed E-state index contributed by atoms with van der Waals surface area (Å²) in [5, 5.41) is 0. The van der Waals surface area contributed by atoms with Crippen molar-refractivity contribution in [1.29, 1.82) is 0 Å². The van der Waals surface area contributed by atoms with Gasteiger partial charge in [0.2, 0.25) is 0 Å². The minimum atomic E-state index is -0.342. The molecule has 0 saturated carbocycles. The van der Waals surface area contributed by atoms with Gasteiger partial charge in [-0.15, -0.1) is 0 Å². The monoisotopic (exact) mass is 267 g/mol. The Morgan fingerprint density at radius 1 is 0.850 bits per heavy atom. The second kappa shape index (κ2) is 4.70. The number of hydrogen-bond donors (Lipinski definition) is 1. The van der Waals surface area contributed by atoms with Gasteiger partial charge in [0.25, 0.3) is 5.91 Å². The third-order valence-corrected chi connectivity index (χ3v) is 3.18. The lowest BCUT2D eigenvalue weighted by molar-refractivity contribution is -0.115. The summed E-state index contributed by atoms with van der Waals surface area (Å²) >= 11 is 0. The van der Waals surface area contributed by atoms with Gasteiger partial charge in [-0.1, -0.05) is 18.2 Å². The van der Waals surface area contributed by atoms with Crippen molar-refractivity contribution in [3.63, 3.8) is 0 Å². The highest BCUT2D eigenvalue weighted by Gasteiger charge is 2.37. The molecule has 100 valence electrons. The van der Waals surface area contributed by atoms with Crippen LogP contribution in [0.15, 0.2) is 54.6 Å². The average Bonchev–Trinajstić information content (AvgIpc) is 2.76. The molecule has 5 heteroatoms. The highest BCUT2D eigenvalue weighted by atomic mass is 16.2. The second-order valence-electron chi connectivity index (χ2n) is 4.52. The minimum Gasteiger partial charge on any atom is -0.399 e. The van der Waals surface area contributed by atoms with E-state index in [0.29, 0.717) is 17.1 Å². The van der Waals surface area contributed by atoms with Gasteiger partial charge in [-0.25, -0.2) is 9.69 Å². The first-order chi connectivity index (χ1) is 9.66. The first-order valence-electron chi connectivity index (χ1n) is 6.22. The number of rotatable bonds is 2. The zero-order chi connectivity index (χ0) is 14.1. The lowest BCUT2D eigenvalue weighted by atomic mass is 10.2. The third-order valence-electron chi connectivity index (χ3n) is 3.18. The largest absolute Gasteiger partial charge is 0.399 e. The van der Waals surface area contributed by atoms with Gasteiger partial charge in [-0.05, 0) is 36.4 Å². The summed E-state index contributed by atoms with van der Waals surface area (Å²) in [4.78, 5) is 27.1. The fraction of sp³-hybridized carbons (Fsp3) is 0.0667. The number of anilines is 3. The maximum Gasteiger partial charge on any atom is 0.336 e. The molecule has 1 heterocycles. The van der Waals surface area contributed by atoms with E-state index in [9.17, 15) is 9.59 Å². The summed E-state index contributed by atoms with van der Waals surface area (Å²) in [7, 11) is 0. The van der Waals surface area contributed by atoms with Crippen LogP contribution in [0.1, 0.15) is 0 Å². The topological polar surface area (TPSA) is 66.6 Å². The number of nitrogens with zero attached hydrogens (tertiary/aromatic N) is 2. The van der Waals surface area contributed by atoms with E-state index in [2.05, 4.69) is 0 Å². The van der Waals surface area contributed by atoms with Crippen LogP contribution >= 0.6 is 0 Å². The molecular weight excluding hydrogens is 254 g/mol. The molecule has 0 bridgehead atoms. The van der Waals surface area contributed by atoms with Crippen LogP contribution < -0.4 is 15.5 Å². The molecule has 3 rings (SSSR count). The first-order valence-corrected chi connectivity index (χ1v) is 6.22. The number of nitrogens with two attached hydrogens (primary N) is 1. The average molecular weight is 267 g/mol. The summed E-state index contributed by atoms with van der Waals surface area (Å²) < 4.78 is 0. The Hall–Kier alpha value is -2.82. The van der Waals surface area contributed by atoms with E-state index in [0.717, 1.165) is 0 Å². The Labute approximate surface area is 116 Å². The molecule has 0 atom stereocenters. The molecule has 2 aromatic carbocycles. The Bertz CT molecular complexity index is 653. The van der Waals surface area contributed by atoms with Crippen molar-refractivity contribution in [2.45, 2.75) is 0 Å². The molecule has 1 fully saturated rings. The van der Waals surface area contributed by atoms with Gasteiger partial charge in [-0.2, -0.15) is 0 Å². The molecule has 0 aliphatic carbocycles. The van der Waals surface area contributed by atoms with Gasteiger partial charge in [-0.3, -0.25) is 9.69 Å². The van der Waals surface area contributed by atoms with E-state index in [1.165, 1.54) is 9.80 Å². The van der Waals surface area contributed by atoms with Crippen LogP contribution in [0.5, 0.6) is 0 Å². The number of carbonyl (C=O) groups is 2. The van der Waals surface area contributed by atoms with Crippen LogP contribution in [-0.2, 0) is 4.79 Å². The molecular formula is C15H13N3O2. The lowest BCUT2D eigenvalue weighted by Gasteiger charge is -2.17. The summed E-state index contributed by atoms with van der Waals surface area (Å²) in [5.41, 5.74) is 7.45. The molecule has 0 radical (unpaired) electrons. The zero-order valence-corrected chi connectivity index (χ0v) is 10.7. The smallest absolute Gasteiger partial charge is 0.336 e. The fourth-order valence-electron chi connectivity index (χ4n) is 2.19. The van der Waals surface area contributed by atoms with Gasteiger partial charge in [0.1, 0.15) is 6.54 Å². The number of para-hydroxylation sites is 1. The molecule has 20 heavy (non-hydrogen) atoms. The highest BCUT2D eigenvalue weighted by Crippen LogP contribution is 2.26. The van der Waals surface area contributed by atoms with Crippen LogP contribution in [0.2, 0.25) is 0 Å². The molecule has 2 N–H and O–H groups in total. The SMILES string of the molecule is Nc1ccc(N2C(=O)CN(c3ccccc3)C2=O)cc1. The van der Waals surface area contributed by atoms with E-state index < -0.39 is 0 Å².